The van der Waals surface area contributed by atoms with Gasteiger partial charge in [0.25, 0.3) is 5.91 Å². The lowest BCUT2D eigenvalue weighted by Crippen LogP contribution is -2.51. The van der Waals surface area contributed by atoms with E-state index in [1.165, 1.54) is 12.8 Å². The number of aromatic nitrogens is 4. The zero-order chi connectivity index (χ0) is 32.7. The minimum absolute atomic E-state index is 0.0279. The highest BCUT2D eigenvalue weighted by molar-refractivity contribution is 7.89. The van der Waals surface area contributed by atoms with E-state index in [-0.39, 0.29) is 23.9 Å². The Hall–Kier alpha value is -4.26. The summed E-state index contributed by atoms with van der Waals surface area (Å²) in [6.07, 6.45) is 6.22. The molecule has 3 aromatic heterocycles. The fourth-order valence-corrected chi connectivity index (χ4v) is 9.79. The Morgan fingerprint density at radius 2 is 1.73 bits per heavy atom. The van der Waals surface area contributed by atoms with E-state index >= 15 is 0 Å². The highest BCUT2D eigenvalue weighted by Crippen LogP contribution is 2.41. The molecule has 1 amide bonds. The summed E-state index contributed by atoms with van der Waals surface area (Å²) in [5.41, 5.74) is 10.3. The summed E-state index contributed by atoms with van der Waals surface area (Å²) in [4.78, 5) is 26.2. The number of benzene rings is 2. The number of methoxy groups -OCH3 is 1. The summed E-state index contributed by atoms with van der Waals surface area (Å²) < 4.78 is 38.6. The first-order valence-electron chi connectivity index (χ1n) is 16.9. The molecule has 2 saturated heterocycles. The maximum absolute atomic E-state index is 13.9. The van der Waals surface area contributed by atoms with Crippen LogP contribution < -0.4 is 10.5 Å². The van der Waals surface area contributed by atoms with Crippen LogP contribution in [0, 0.1) is 17.8 Å². The van der Waals surface area contributed by atoms with Crippen LogP contribution in [0.1, 0.15) is 36.0 Å². The number of sulfonamides is 1. The third-order valence-electron chi connectivity index (χ3n) is 11.0. The number of carbonyl (C=O) groups excluding carboxylic acids is 1. The van der Waals surface area contributed by atoms with Crippen molar-refractivity contribution in [1.29, 1.82) is 0 Å². The number of ether oxygens (including phenoxy) is 1. The number of rotatable bonds is 9. The summed E-state index contributed by atoms with van der Waals surface area (Å²) in [6, 6.07) is 18.6. The number of nitrogens with zero attached hydrogens (tertiary/aromatic N) is 6. The van der Waals surface area contributed by atoms with Crippen LogP contribution in [-0.4, -0.2) is 81.5 Å². The molecule has 12 heteroatoms. The van der Waals surface area contributed by atoms with Gasteiger partial charge in [-0.25, -0.2) is 18.4 Å². The number of hydrogen-bond donors (Lipinski definition) is 1. The predicted octanol–water partition coefficient (Wildman–Crippen LogP) is 4.35. The van der Waals surface area contributed by atoms with Gasteiger partial charge in [0.1, 0.15) is 16.9 Å². The summed E-state index contributed by atoms with van der Waals surface area (Å²) in [5, 5.41) is 1.04. The van der Waals surface area contributed by atoms with Gasteiger partial charge in [-0.3, -0.25) is 4.79 Å². The minimum atomic E-state index is -3.57. The molecule has 48 heavy (non-hydrogen) atoms. The van der Waals surface area contributed by atoms with Gasteiger partial charge in [-0.15, -0.1) is 0 Å². The zero-order valence-electron chi connectivity index (χ0n) is 26.9. The molecule has 0 spiro atoms. The standard InChI is InChI=1S/C36H39N7O4S/c1-47-31-16-26(36(44)42-21-25-11-12-29(42)32(25)37)14-28-33(31)43(20-23-17-40(18-23)48(45,46)27-7-3-2-4-8-27)35(39-28)30-15-24-6-5-13-38-34(24)41(30)19-22-9-10-22/h2-8,13-16,22-23,25,29,32H,9-12,17-21,37H2,1H3/t25?,29?,32-/m1/s1. The van der Waals surface area contributed by atoms with E-state index in [9.17, 15) is 13.2 Å². The maximum Gasteiger partial charge on any atom is 0.254 e. The van der Waals surface area contributed by atoms with Gasteiger partial charge < -0.3 is 24.5 Å². The Balaban J connectivity index is 1.13. The molecule has 2 saturated carbocycles. The highest BCUT2D eigenvalue weighted by atomic mass is 32.2. The van der Waals surface area contributed by atoms with Crippen molar-refractivity contribution in [3.63, 3.8) is 0 Å². The van der Waals surface area contributed by atoms with Crippen LogP contribution in [0.5, 0.6) is 5.75 Å². The third-order valence-corrected chi connectivity index (χ3v) is 12.8. The Kier molecular flexibility index (Phi) is 6.93. The maximum atomic E-state index is 13.9. The number of piperidine rings is 1. The quantitative estimate of drug-likeness (QED) is 0.248. The van der Waals surface area contributed by atoms with Gasteiger partial charge in [0.2, 0.25) is 10.0 Å². The second kappa shape index (κ2) is 11.1. The van der Waals surface area contributed by atoms with E-state index in [4.69, 9.17) is 20.4 Å². The van der Waals surface area contributed by atoms with Gasteiger partial charge in [-0.1, -0.05) is 18.2 Å². The van der Waals surface area contributed by atoms with E-state index in [0.29, 0.717) is 59.7 Å². The molecule has 4 fully saturated rings. The molecule has 248 valence electrons. The first-order valence-corrected chi connectivity index (χ1v) is 18.4. The van der Waals surface area contributed by atoms with Crippen LogP contribution in [0.2, 0.25) is 0 Å². The molecule has 3 atom stereocenters. The first kappa shape index (κ1) is 29.8. The van der Waals surface area contributed by atoms with E-state index in [1.54, 1.807) is 35.7 Å². The first-order chi connectivity index (χ1) is 23.3. The van der Waals surface area contributed by atoms with Gasteiger partial charge in [-0.2, -0.15) is 4.31 Å². The molecule has 2 bridgehead atoms. The minimum Gasteiger partial charge on any atom is -0.494 e. The van der Waals surface area contributed by atoms with Crippen molar-refractivity contribution in [2.75, 3.05) is 26.7 Å². The van der Waals surface area contributed by atoms with Gasteiger partial charge in [0.15, 0.2) is 5.82 Å². The number of nitrogens with two attached hydrogens (primary N) is 1. The van der Waals surface area contributed by atoms with Gasteiger partial charge in [0, 0.05) is 67.9 Å². The van der Waals surface area contributed by atoms with Crippen molar-refractivity contribution in [1.82, 2.24) is 28.3 Å². The Bertz CT molecular complexity index is 2170. The molecule has 2 aromatic carbocycles. The molecule has 5 heterocycles. The smallest absolute Gasteiger partial charge is 0.254 e. The molecule has 11 nitrogen and oxygen atoms in total. The Morgan fingerprint density at radius 3 is 2.44 bits per heavy atom. The van der Waals surface area contributed by atoms with Crippen LogP contribution in [-0.2, 0) is 23.1 Å². The van der Waals surface area contributed by atoms with Crippen LogP contribution in [0.15, 0.2) is 71.8 Å². The molecule has 2 unspecified atom stereocenters. The van der Waals surface area contributed by atoms with Crippen molar-refractivity contribution in [3.05, 3.63) is 72.4 Å². The average Bonchev–Trinajstić information content (AvgIpc) is 3.44. The Morgan fingerprint density at radius 1 is 0.938 bits per heavy atom. The molecule has 9 rings (SSSR count). The number of likely N-dealkylation sites (tertiary alicyclic amines) is 1. The Labute approximate surface area is 279 Å². The van der Waals surface area contributed by atoms with E-state index in [1.807, 2.05) is 35.4 Å². The molecule has 0 radical (unpaired) electrons. The second-order valence-electron chi connectivity index (χ2n) is 14.0. The predicted molar refractivity (Wildman–Crippen MR) is 182 cm³/mol. The SMILES string of the molecule is COc1cc(C(=O)N2CC3CCC2[C@@H]3N)cc2nc(-c3cc4cccnc4n3CC3CC3)n(CC3CN(S(=O)(=O)c4ccccc4)C3)c12. The van der Waals surface area contributed by atoms with Crippen molar-refractivity contribution in [3.8, 4) is 17.3 Å². The van der Waals surface area contributed by atoms with Gasteiger partial charge in [0.05, 0.1) is 23.2 Å². The van der Waals surface area contributed by atoms with Crippen LogP contribution >= 0.6 is 0 Å². The molecular weight excluding hydrogens is 627 g/mol. The molecule has 2 aliphatic heterocycles. The third kappa shape index (κ3) is 4.75. The lowest BCUT2D eigenvalue weighted by atomic mass is 10.0. The zero-order valence-corrected chi connectivity index (χ0v) is 27.7. The molecule has 2 N–H and O–H groups in total. The van der Waals surface area contributed by atoms with Gasteiger partial charge in [-0.05, 0) is 80.0 Å². The topological polar surface area (TPSA) is 129 Å². The van der Waals surface area contributed by atoms with Crippen molar-refractivity contribution in [2.45, 2.75) is 55.8 Å². The lowest BCUT2D eigenvalue weighted by molar-refractivity contribution is 0.0700. The number of pyridine rings is 1. The number of imidazole rings is 1. The average molecular weight is 666 g/mol. The van der Waals surface area contributed by atoms with Crippen LogP contribution in [0.4, 0.5) is 0 Å². The molecular formula is C36H39N7O4S. The summed E-state index contributed by atoms with van der Waals surface area (Å²) in [6.45, 7) is 2.88. The summed E-state index contributed by atoms with van der Waals surface area (Å²) >= 11 is 0. The van der Waals surface area contributed by atoms with E-state index in [0.717, 1.165) is 47.5 Å². The number of fused-ring (bicyclic) bond motifs is 4. The lowest BCUT2D eigenvalue weighted by Gasteiger charge is -2.38. The number of amides is 1. The highest BCUT2D eigenvalue weighted by Gasteiger charge is 2.47. The summed E-state index contributed by atoms with van der Waals surface area (Å²) in [5.74, 6) is 2.31. The second-order valence-corrected chi connectivity index (χ2v) is 16.0. The molecule has 5 aromatic rings. The van der Waals surface area contributed by atoms with Crippen LogP contribution in [0.3, 0.4) is 0 Å². The molecule has 4 aliphatic rings. The largest absolute Gasteiger partial charge is 0.494 e. The molecule has 2 aliphatic carbocycles. The van der Waals surface area contributed by atoms with E-state index < -0.39 is 10.0 Å². The summed E-state index contributed by atoms with van der Waals surface area (Å²) in [7, 11) is -1.95. The van der Waals surface area contributed by atoms with Crippen molar-refractivity contribution in [2.24, 2.45) is 23.5 Å². The fraction of sp³-hybridized carbons (Fsp3) is 0.417. The van der Waals surface area contributed by atoms with Crippen molar-refractivity contribution >= 4 is 38.0 Å². The van der Waals surface area contributed by atoms with Gasteiger partial charge >= 0.3 is 0 Å². The van der Waals surface area contributed by atoms with Crippen molar-refractivity contribution < 1.29 is 17.9 Å². The normalized spacial score (nSPS) is 23.0. The number of hydrogen-bond acceptors (Lipinski definition) is 7. The monoisotopic (exact) mass is 665 g/mol. The van der Waals surface area contributed by atoms with E-state index in [2.05, 4.69) is 21.3 Å². The fourth-order valence-electron chi connectivity index (χ4n) is 8.18. The van der Waals surface area contributed by atoms with Crippen LogP contribution in [0.25, 0.3) is 33.6 Å². The number of carbonyl (C=O) groups is 1.